The summed E-state index contributed by atoms with van der Waals surface area (Å²) in [6.45, 7) is 6.34. The number of benzene rings is 2. The molecule has 8 heteroatoms. The number of carbonyl (C=O) groups excluding carboxylic acids is 1. The van der Waals surface area contributed by atoms with Crippen molar-refractivity contribution in [1.82, 2.24) is 24.7 Å². The molecule has 1 atom stereocenters. The van der Waals surface area contributed by atoms with Gasteiger partial charge in [0.2, 0.25) is 0 Å². The standard InChI is InChI=1S/C31H34FN5O2/c1-6-20-7-9-21(10-8-20)29(38)31(2,3)36(5)30(39)25-13-11-22(15-26(25)32)27-17-33-28-14-12-23(19-37(27)28)24-16-34-35(4)18-24/h7-15,17-19,29,34,38H,6,16H2,1-5H3. The number of nitrogens with zero attached hydrogens (tertiary/aromatic N) is 4. The number of amides is 1. The first-order valence-electron chi connectivity index (χ1n) is 13.1. The predicted molar refractivity (Wildman–Crippen MR) is 151 cm³/mol. The number of aromatic nitrogens is 2. The van der Waals surface area contributed by atoms with Gasteiger partial charge in [-0.1, -0.05) is 37.3 Å². The van der Waals surface area contributed by atoms with Gasteiger partial charge in [-0.05, 0) is 66.8 Å². The number of aliphatic hydroxyl groups excluding tert-OH is 1. The van der Waals surface area contributed by atoms with Crippen LogP contribution in [0.1, 0.15) is 53.9 Å². The lowest BCUT2D eigenvalue weighted by Gasteiger charge is -2.40. The number of rotatable bonds is 7. The lowest BCUT2D eigenvalue weighted by molar-refractivity contribution is 0.00563. The minimum atomic E-state index is -0.980. The summed E-state index contributed by atoms with van der Waals surface area (Å²) in [7, 11) is 3.54. The van der Waals surface area contributed by atoms with Crippen LogP contribution in [0.15, 0.2) is 73.2 Å². The van der Waals surface area contributed by atoms with Gasteiger partial charge in [0.25, 0.3) is 5.91 Å². The van der Waals surface area contributed by atoms with E-state index in [2.05, 4.69) is 17.3 Å². The van der Waals surface area contributed by atoms with Crippen LogP contribution in [0, 0.1) is 5.82 Å². The van der Waals surface area contributed by atoms with Gasteiger partial charge in [0.05, 0.1) is 23.0 Å². The van der Waals surface area contributed by atoms with Gasteiger partial charge < -0.3 is 15.0 Å². The van der Waals surface area contributed by atoms with E-state index in [-0.39, 0.29) is 5.56 Å². The van der Waals surface area contributed by atoms with Crippen LogP contribution in [-0.2, 0) is 6.42 Å². The summed E-state index contributed by atoms with van der Waals surface area (Å²) < 4.78 is 17.4. The first-order chi connectivity index (χ1) is 18.6. The number of nitrogens with one attached hydrogen (secondary N) is 1. The minimum Gasteiger partial charge on any atom is -0.386 e. The molecule has 0 radical (unpaired) electrons. The first kappa shape index (κ1) is 26.6. The Kier molecular flexibility index (Phi) is 7.01. The van der Waals surface area contributed by atoms with Crippen molar-refractivity contribution in [2.24, 2.45) is 0 Å². The van der Waals surface area contributed by atoms with Crippen molar-refractivity contribution in [3.63, 3.8) is 0 Å². The van der Waals surface area contributed by atoms with Crippen molar-refractivity contribution in [3.8, 4) is 11.3 Å². The quantitative estimate of drug-likeness (QED) is 0.351. The smallest absolute Gasteiger partial charge is 0.257 e. The summed E-state index contributed by atoms with van der Waals surface area (Å²) in [6, 6.07) is 16.2. The number of aliphatic hydroxyl groups is 1. The van der Waals surface area contributed by atoms with Crippen LogP contribution < -0.4 is 5.43 Å². The SMILES string of the molecule is CCc1ccc(C(O)C(C)(C)N(C)C(=O)c2ccc(-c3cnc4ccc(C5=CN(C)NC5)cn34)cc2F)cc1. The van der Waals surface area contributed by atoms with Gasteiger partial charge in [-0.2, -0.15) is 0 Å². The van der Waals surface area contributed by atoms with Crippen molar-refractivity contribution < 1.29 is 14.3 Å². The average Bonchev–Trinajstić information content (AvgIpc) is 3.57. The summed E-state index contributed by atoms with van der Waals surface area (Å²) in [5, 5.41) is 13.0. The van der Waals surface area contributed by atoms with Crippen molar-refractivity contribution in [2.45, 2.75) is 38.8 Å². The molecule has 1 amide bonds. The number of halogens is 1. The average molecular weight is 528 g/mol. The molecule has 2 aromatic carbocycles. The van der Waals surface area contributed by atoms with E-state index in [1.165, 1.54) is 17.0 Å². The lowest BCUT2D eigenvalue weighted by Crippen LogP contribution is -2.49. The molecule has 2 aromatic heterocycles. The Morgan fingerprint density at radius 1 is 1.15 bits per heavy atom. The molecule has 0 fully saturated rings. The van der Waals surface area contributed by atoms with Gasteiger partial charge in [0.1, 0.15) is 17.6 Å². The van der Waals surface area contributed by atoms with E-state index >= 15 is 4.39 Å². The summed E-state index contributed by atoms with van der Waals surface area (Å²) >= 11 is 0. The largest absolute Gasteiger partial charge is 0.386 e. The zero-order valence-corrected chi connectivity index (χ0v) is 22.9. The van der Waals surface area contributed by atoms with E-state index in [9.17, 15) is 9.90 Å². The molecule has 1 aliphatic rings. The Bertz CT molecular complexity index is 1560. The molecule has 0 bridgehead atoms. The number of hydrazine groups is 1. The topological polar surface area (TPSA) is 73.1 Å². The Hall–Kier alpha value is -4.01. The second-order valence-corrected chi connectivity index (χ2v) is 10.6. The zero-order chi connectivity index (χ0) is 27.9. The van der Waals surface area contributed by atoms with E-state index in [4.69, 9.17) is 0 Å². The minimum absolute atomic E-state index is 0.0532. The van der Waals surface area contributed by atoms with Crippen LogP contribution in [-0.4, -0.2) is 56.5 Å². The van der Waals surface area contributed by atoms with E-state index in [0.29, 0.717) is 11.1 Å². The summed E-state index contributed by atoms with van der Waals surface area (Å²) in [5.74, 6) is -1.13. The van der Waals surface area contributed by atoms with Gasteiger partial charge in [-0.15, -0.1) is 0 Å². The van der Waals surface area contributed by atoms with Crippen molar-refractivity contribution in [2.75, 3.05) is 20.6 Å². The summed E-state index contributed by atoms with van der Waals surface area (Å²) in [4.78, 5) is 19.3. The number of hydrogen-bond donors (Lipinski definition) is 2. The molecular weight excluding hydrogens is 493 g/mol. The first-order valence-corrected chi connectivity index (χ1v) is 13.1. The van der Waals surface area contributed by atoms with Gasteiger partial charge >= 0.3 is 0 Å². The van der Waals surface area contributed by atoms with Crippen molar-refractivity contribution in [3.05, 3.63) is 101 Å². The highest BCUT2D eigenvalue weighted by Gasteiger charge is 2.37. The number of hydrogen-bond acceptors (Lipinski definition) is 5. The molecule has 2 N–H and O–H groups in total. The van der Waals surface area contributed by atoms with Crippen LogP contribution >= 0.6 is 0 Å². The molecule has 1 aliphatic heterocycles. The molecule has 1 unspecified atom stereocenters. The van der Waals surface area contributed by atoms with Crippen molar-refractivity contribution in [1.29, 1.82) is 0 Å². The molecule has 4 aromatic rings. The highest BCUT2D eigenvalue weighted by molar-refractivity contribution is 5.95. The molecule has 5 rings (SSSR count). The molecular formula is C31H34FN5O2. The number of imidazole rings is 1. The Balaban J connectivity index is 1.41. The highest BCUT2D eigenvalue weighted by atomic mass is 19.1. The number of carbonyl (C=O) groups is 1. The highest BCUT2D eigenvalue weighted by Crippen LogP contribution is 2.33. The Labute approximate surface area is 228 Å². The normalized spacial score (nSPS) is 14.5. The predicted octanol–water partition coefficient (Wildman–Crippen LogP) is 5.08. The molecule has 0 saturated carbocycles. The third kappa shape index (κ3) is 4.93. The molecule has 0 spiro atoms. The van der Waals surface area contributed by atoms with E-state index in [1.54, 1.807) is 33.2 Å². The zero-order valence-electron chi connectivity index (χ0n) is 22.9. The van der Waals surface area contributed by atoms with E-state index in [1.807, 2.05) is 65.3 Å². The summed E-state index contributed by atoms with van der Waals surface area (Å²) in [5.41, 5.74) is 8.34. The van der Waals surface area contributed by atoms with Crippen LogP contribution in [0.5, 0.6) is 0 Å². The third-order valence-electron chi connectivity index (χ3n) is 7.78. The van der Waals surface area contributed by atoms with Gasteiger partial charge in [0, 0.05) is 38.6 Å². The summed E-state index contributed by atoms with van der Waals surface area (Å²) in [6.07, 6.45) is 5.69. The fraction of sp³-hybridized carbons (Fsp3) is 0.290. The molecule has 0 aliphatic carbocycles. The second kappa shape index (κ2) is 10.3. The molecule has 39 heavy (non-hydrogen) atoms. The third-order valence-corrected chi connectivity index (χ3v) is 7.78. The number of pyridine rings is 1. The van der Waals surface area contributed by atoms with Crippen LogP contribution in [0.4, 0.5) is 4.39 Å². The van der Waals surface area contributed by atoms with Crippen LogP contribution in [0.25, 0.3) is 22.5 Å². The van der Waals surface area contributed by atoms with Gasteiger partial charge in [-0.3, -0.25) is 9.20 Å². The number of fused-ring (bicyclic) bond motifs is 1. The van der Waals surface area contributed by atoms with Gasteiger partial charge in [-0.25, -0.2) is 14.8 Å². The van der Waals surface area contributed by atoms with Crippen molar-refractivity contribution >= 4 is 17.1 Å². The second-order valence-electron chi connectivity index (χ2n) is 10.6. The van der Waals surface area contributed by atoms with Crippen LogP contribution in [0.2, 0.25) is 0 Å². The van der Waals surface area contributed by atoms with Gasteiger partial charge in [0.15, 0.2) is 0 Å². The fourth-order valence-corrected chi connectivity index (χ4v) is 4.91. The lowest BCUT2D eigenvalue weighted by atomic mass is 9.88. The Morgan fingerprint density at radius 3 is 2.51 bits per heavy atom. The molecule has 0 saturated heterocycles. The van der Waals surface area contributed by atoms with E-state index in [0.717, 1.165) is 41.0 Å². The number of aryl methyl sites for hydroxylation is 1. The maximum absolute atomic E-state index is 15.5. The Morgan fingerprint density at radius 2 is 1.87 bits per heavy atom. The molecule has 7 nitrogen and oxygen atoms in total. The van der Waals surface area contributed by atoms with E-state index < -0.39 is 23.4 Å². The molecule has 202 valence electrons. The fourth-order valence-electron chi connectivity index (χ4n) is 4.91. The monoisotopic (exact) mass is 527 g/mol. The van der Waals surface area contributed by atoms with Crippen LogP contribution in [0.3, 0.4) is 0 Å². The maximum Gasteiger partial charge on any atom is 0.257 e. The molecule has 3 heterocycles. The maximum atomic E-state index is 15.5. The number of likely N-dealkylation sites (N-methyl/N-ethyl adjacent to an activating group) is 1.